The molecule has 2 heterocycles. The minimum atomic E-state index is 0.341. The van der Waals surface area contributed by atoms with Gasteiger partial charge in [-0.05, 0) is 25.1 Å². The Morgan fingerprint density at radius 1 is 1.32 bits per heavy atom. The summed E-state index contributed by atoms with van der Waals surface area (Å²) < 4.78 is 7.70. The summed E-state index contributed by atoms with van der Waals surface area (Å²) in [5.41, 5.74) is 0.944. The van der Waals surface area contributed by atoms with Crippen LogP contribution in [0.1, 0.15) is 12.7 Å². The molecule has 0 fully saturated rings. The van der Waals surface area contributed by atoms with E-state index >= 15 is 0 Å². The predicted molar refractivity (Wildman–Crippen MR) is 74.7 cm³/mol. The molecular formula is C15H17N3O. The molecule has 4 nitrogen and oxygen atoms in total. The van der Waals surface area contributed by atoms with Crippen LogP contribution in [0.5, 0.6) is 0 Å². The van der Waals surface area contributed by atoms with Crippen molar-refractivity contribution in [2.24, 2.45) is 0 Å². The Kier molecular flexibility index (Phi) is 3.33. The summed E-state index contributed by atoms with van der Waals surface area (Å²) >= 11 is 0. The van der Waals surface area contributed by atoms with E-state index in [1.165, 1.54) is 0 Å². The van der Waals surface area contributed by atoms with Crippen molar-refractivity contribution in [1.82, 2.24) is 15.1 Å². The number of furan rings is 1. The van der Waals surface area contributed by atoms with Crippen LogP contribution in [0.3, 0.4) is 0 Å². The van der Waals surface area contributed by atoms with E-state index in [0.717, 1.165) is 29.8 Å². The maximum atomic E-state index is 5.77. The Morgan fingerprint density at radius 2 is 2.21 bits per heavy atom. The van der Waals surface area contributed by atoms with Crippen molar-refractivity contribution in [2.45, 2.75) is 26.1 Å². The van der Waals surface area contributed by atoms with Gasteiger partial charge >= 0.3 is 0 Å². The molecule has 1 N–H and O–H groups in total. The van der Waals surface area contributed by atoms with Gasteiger partial charge < -0.3 is 9.73 Å². The molecule has 4 heteroatoms. The molecule has 0 aliphatic carbocycles. The van der Waals surface area contributed by atoms with Crippen LogP contribution < -0.4 is 5.32 Å². The molecule has 0 aliphatic heterocycles. The van der Waals surface area contributed by atoms with Crippen LogP contribution >= 0.6 is 0 Å². The molecule has 0 saturated carbocycles. The van der Waals surface area contributed by atoms with Gasteiger partial charge in [0.15, 0.2) is 0 Å². The molecule has 3 aromatic rings. The lowest BCUT2D eigenvalue weighted by Crippen LogP contribution is -2.29. The van der Waals surface area contributed by atoms with E-state index in [2.05, 4.69) is 29.5 Å². The van der Waals surface area contributed by atoms with Gasteiger partial charge in [0.1, 0.15) is 11.3 Å². The smallest absolute Gasteiger partial charge is 0.134 e. The van der Waals surface area contributed by atoms with Crippen molar-refractivity contribution < 1.29 is 4.42 Å². The van der Waals surface area contributed by atoms with Gasteiger partial charge in [0.25, 0.3) is 0 Å². The summed E-state index contributed by atoms with van der Waals surface area (Å²) in [6.45, 7) is 3.73. The van der Waals surface area contributed by atoms with Crippen LogP contribution in [0.25, 0.3) is 11.0 Å². The monoisotopic (exact) mass is 255 g/mol. The number of hydrogen-bond acceptors (Lipinski definition) is 3. The lowest BCUT2D eigenvalue weighted by Gasteiger charge is -2.12. The molecule has 3 rings (SSSR count). The molecule has 1 aromatic carbocycles. The number of nitrogens with zero attached hydrogens (tertiary/aromatic N) is 2. The largest absolute Gasteiger partial charge is 0.460 e. The average molecular weight is 255 g/mol. The first-order valence-electron chi connectivity index (χ1n) is 6.49. The number of hydrogen-bond donors (Lipinski definition) is 1. The molecule has 1 atom stereocenters. The lowest BCUT2D eigenvalue weighted by molar-refractivity contribution is 0.423. The second-order valence-electron chi connectivity index (χ2n) is 4.76. The summed E-state index contributed by atoms with van der Waals surface area (Å²) in [4.78, 5) is 0. The first-order valence-corrected chi connectivity index (χ1v) is 6.49. The van der Waals surface area contributed by atoms with Crippen LogP contribution in [0.4, 0.5) is 0 Å². The number of aromatic nitrogens is 2. The number of benzene rings is 1. The average Bonchev–Trinajstić information content (AvgIpc) is 3.04. The Morgan fingerprint density at radius 3 is 3.00 bits per heavy atom. The van der Waals surface area contributed by atoms with Gasteiger partial charge in [-0.1, -0.05) is 18.2 Å². The molecule has 0 spiro atoms. The number of fused-ring (bicyclic) bond motifs is 1. The molecule has 0 bridgehead atoms. The number of rotatable bonds is 5. The molecule has 19 heavy (non-hydrogen) atoms. The second kappa shape index (κ2) is 5.28. The zero-order valence-corrected chi connectivity index (χ0v) is 10.9. The SMILES string of the molecule is C[C@@H](Cn1cccn1)NCc1cc2ccccc2o1. The van der Waals surface area contributed by atoms with Crippen LogP contribution in [-0.4, -0.2) is 15.8 Å². The van der Waals surface area contributed by atoms with Gasteiger partial charge in [0.2, 0.25) is 0 Å². The standard InChI is InChI=1S/C15H17N3O/c1-12(11-18-8-4-7-17-18)16-10-14-9-13-5-2-3-6-15(13)19-14/h2-9,12,16H,10-11H2,1H3/t12-/m0/s1. The zero-order chi connectivity index (χ0) is 13.1. The first kappa shape index (κ1) is 12.0. The highest BCUT2D eigenvalue weighted by molar-refractivity contribution is 5.77. The minimum absolute atomic E-state index is 0.341. The summed E-state index contributed by atoms with van der Waals surface area (Å²) in [6.07, 6.45) is 3.77. The molecule has 0 amide bonds. The topological polar surface area (TPSA) is 43.0 Å². The van der Waals surface area contributed by atoms with E-state index < -0.39 is 0 Å². The summed E-state index contributed by atoms with van der Waals surface area (Å²) in [6, 6.07) is 12.4. The van der Waals surface area contributed by atoms with Crippen molar-refractivity contribution >= 4 is 11.0 Å². The highest BCUT2D eigenvalue weighted by Crippen LogP contribution is 2.18. The van der Waals surface area contributed by atoms with Gasteiger partial charge in [0, 0.05) is 23.8 Å². The molecule has 0 unspecified atom stereocenters. The van der Waals surface area contributed by atoms with E-state index in [-0.39, 0.29) is 0 Å². The van der Waals surface area contributed by atoms with E-state index in [1.54, 1.807) is 6.20 Å². The molecule has 2 aromatic heterocycles. The van der Waals surface area contributed by atoms with Gasteiger partial charge in [-0.2, -0.15) is 5.10 Å². The third-order valence-corrected chi connectivity index (χ3v) is 3.12. The normalized spacial score (nSPS) is 12.9. The van der Waals surface area contributed by atoms with Gasteiger partial charge in [-0.3, -0.25) is 4.68 Å². The Hall–Kier alpha value is -2.07. The van der Waals surface area contributed by atoms with Gasteiger partial charge in [-0.25, -0.2) is 0 Å². The number of para-hydroxylation sites is 1. The fraction of sp³-hybridized carbons (Fsp3) is 0.267. The summed E-state index contributed by atoms with van der Waals surface area (Å²) in [7, 11) is 0. The fourth-order valence-corrected chi connectivity index (χ4v) is 2.15. The van der Waals surface area contributed by atoms with E-state index in [0.29, 0.717) is 6.04 Å². The predicted octanol–water partition coefficient (Wildman–Crippen LogP) is 2.81. The molecule has 0 saturated heterocycles. The fourth-order valence-electron chi connectivity index (χ4n) is 2.15. The van der Waals surface area contributed by atoms with Crippen molar-refractivity contribution in [3.63, 3.8) is 0 Å². The quantitative estimate of drug-likeness (QED) is 0.762. The first-order chi connectivity index (χ1) is 9.31. The molecule has 0 aliphatic rings. The van der Waals surface area contributed by atoms with Crippen molar-refractivity contribution in [3.05, 3.63) is 54.6 Å². The van der Waals surface area contributed by atoms with Crippen molar-refractivity contribution in [1.29, 1.82) is 0 Å². The molecule has 0 radical (unpaired) electrons. The minimum Gasteiger partial charge on any atom is -0.460 e. The van der Waals surface area contributed by atoms with Gasteiger partial charge in [0.05, 0.1) is 13.1 Å². The Balaban J connectivity index is 1.59. The van der Waals surface area contributed by atoms with E-state index in [4.69, 9.17) is 4.42 Å². The maximum absolute atomic E-state index is 5.77. The van der Waals surface area contributed by atoms with Crippen LogP contribution in [0.2, 0.25) is 0 Å². The van der Waals surface area contributed by atoms with Gasteiger partial charge in [-0.15, -0.1) is 0 Å². The van der Waals surface area contributed by atoms with Crippen LogP contribution in [-0.2, 0) is 13.1 Å². The second-order valence-corrected chi connectivity index (χ2v) is 4.76. The lowest BCUT2D eigenvalue weighted by atomic mass is 10.2. The molecule has 98 valence electrons. The van der Waals surface area contributed by atoms with E-state index in [1.807, 2.05) is 35.1 Å². The summed E-state index contributed by atoms with van der Waals surface area (Å²) in [5.74, 6) is 0.966. The Labute approximate surface area is 112 Å². The van der Waals surface area contributed by atoms with Crippen molar-refractivity contribution in [3.8, 4) is 0 Å². The van der Waals surface area contributed by atoms with Crippen molar-refractivity contribution in [2.75, 3.05) is 0 Å². The summed E-state index contributed by atoms with van der Waals surface area (Å²) in [5, 5.41) is 8.79. The van der Waals surface area contributed by atoms with E-state index in [9.17, 15) is 0 Å². The maximum Gasteiger partial charge on any atom is 0.134 e. The molecular weight excluding hydrogens is 238 g/mol. The highest BCUT2D eigenvalue weighted by atomic mass is 16.3. The van der Waals surface area contributed by atoms with Crippen LogP contribution in [0, 0.1) is 0 Å². The third kappa shape index (κ3) is 2.85. The zero-order valence-electron chi connectivity index (χ0n) is 10.9. The number of nitrogens with one attached hydrogen (secondary N) is 1. The Bertz CT molecular complexity index is 609. The highest BCUT2D eigenvalue weighted by Gasteiger charge is 2.06. The third-order valence-electron chi connectivity index (χ3n) is 3.12. The van der Waals surface area contributed by atoms with Crippen LogP contribution in [0.15, 0.2) is 53.2 Å².